The Balaban J connectivity index is 0.00000261. The minimum atomic E-state index is 0. The van der Waals surface area contributed by atoms with E-state index in [4.69, 9.17) is 9.73 Å². The van der Waals surface area contributed by atoms with Crippen LogP contribution < -0.4 is 15.0 Å². The standard InChI is InChI=1S/C19H28N6O.HI/c1-4-20-19(21-13-16-14-22-23(2)15-16)25-11-9-24(10-12-25)17-5-7-18(26-3)8-6-17;/h5-8,14-15H,4,9-13H2,1-3H3,(H,20,21);1H. The van der Waals surface area contributed by atoms with Crippen molar-refractivity contribution in [2.24, 2.45) is 12.0 Å². The number of anilines is 1. The lowest BCUT2D eigenvalue weighted by atomic mass is 10.2. The maximum Gasteiger partial charge on any atom is 0.194 e. The molecule has 0 saturated carbocycles. The lowest BCUT2D eigenvalue weighted by Gasteiger charge is -2.37. The summed E-state index contributed by atoms with van der Waals surface area (Å²) in [5, 5.41) is 7.62. The largest absolute Gasteiger partial charge is 0.497 e. The van der Waals surface area contributed by atoms with Gasteiger partial charge in [0.2, 0.25) is 0 Å². The van der Waals surface area contributed by atoms with Gasteiger partial charge in [0, 0.05) is 57.2 Å². The second-order valence-corrected chi connectivity index (χ2v) is 6.36. The summed E-state index contributed by atoms with van der Waals surface area (Å²) in [4.78, 5) is 9.52. The molecule has 2 aromatic rings. The van der Waals surface area contributed by atoms with Gasteiger partial charge >= 0.3 is 0 Å². The molecule has 1 aliphatic rings. The van der Waals surface area contributed by atoms with Crippen LogP contribution in [0.1, 0.15) is 12.5 Å². The third-order valence-corrected chi connectivity index (χ3v) is 4.52. The van der Waals surface area contributed by atoms with Crippen LogP contribution in [0.3, 0.4) is 0 Å². The smallest absolute Gasteiger partial charge is 0.194 e. The van der Waals surface area contributed by atoms with E-state index in [1.165, 1.54) is 5.69 Å². The van der Waals surface area contributed by atoms with Crippen molar-refractivity contribution in [3.63, 3.8) is 0 Å². The van der Waals surface area contributed by atoms with Crippen molar-refractivity contribution in [2.75, 3.05) is 44.7 Å². The summed E-state index contributed by atoms with van der Waals surface area (Å²) in [6, 6.07) is 8.27. The summed E-state index contributed by atoms with van der Waals surface area (Å²) in [7, 11) is 3.62. The number of nitrogens with zero attached hydrogens (tertiary/aromatic N) is 5. The zero-order valence-electron chi connectivity index (χ0n) is 16.3. The minimum Gasteiger partial charge on any atom is -0.497 e. The van der Waals surface area contributed by atoms with E-state index in [-0.39, 0.29) is 24.0 Å². The average Bonchev–Trinajstić information content (AvgIpc) is 3.10. The molecule has 0 unspecified atom stereocenters. The third-order valence-electron chi connectivity index (χ3n) is 4.52. The van der Waals surface area contributed by atoms with Crippen molar-refractivity contribution in [2.45, 2.75) is 13.5 Å². The molecule has 3 rings (SSSR count). The number of rotatable bonds is 5. The molecular weight excluding hydrogens is 455 g/mol. The van der Waals surface area contributed by atoms with Gasteiger partial charge in [-0.25, -0.2) is 4.99 Å². The van der Waals surface area contributed by atoms with Crippen LogP contribution in [-0.2, 0) is 13.6 Å². The summed E-state index contributed by atoms with van der Waals surface area (Å²) in [6.07, 6.45) is 3.88. The normalized spacial score (nSPS) is 14.7. The van der Waals surface area contributed by atoms with Gasteiger partial charge in [-0.05, 0) is 31.2 Å². The van der Waals surface area contributed by atoms with Crippen LogP contribution in [0.4, 0.5) is 5.69 Å². The molecular formula is C19H29IN6O. The summed E-state index contributed by atoms with van der Waals surface area (Å²) >= 11 is 0. The quantitative estimate of drug-likeness (QED) is 0.401. The number of benzene rings is 1. The van der Waals surface area contributed by atoms with E-state index < -0.39 is 0 Å². The maximum absolute atomic E-state index is 5.24. The van der Waals surface area contributed by atoms with Crippen molar-refractivity contribution in [1.82, 2.24) is 20.0 Å². The molecule has 1 aliphatic heterocycles. The lowest BCUT2D eigenvalue weighted by Crippen LogP contribution is -2.52. The maximum atomic E-state index is 5.24. The van der Waals surface area contributed by atoms with Crippen LogP contribution in [0.15, 0.2) is 41.7 Å². The number of methoxy groups -OCH3 is 1. The van der Waals surface area contributed by atoms with Crippen molar-refractivity contribution in [1.29, 1.82) is 0 Å². The Labute approximate surface area is 178 Å². The van der Waals surface area contributed by atoms with Gasteiger partial charge in [-0.3, -0.25) is 4.68 Å². The van der Waals surface area contributed by atoms with E-state index >= 15 is 0 Å². The SMILES string of the molecule is CCNC(=NCc1cnn(C)c1)N1CCN(c2ccc(OC)cc2)CC1.I. The van der Waals surface area contributed by atoms with Crippen LogP contribution in [0.2, 0.25) is 0 Å². The van der Waals surface area contributed by atoms with Gasteiger partial charge in [-0.1, -0.05) is 0 Å². The molecule has 1 aromatic carbocycles. The number of guanidine groups is 1. The number of nitrogens with one attached hydrogen (secondary N) is 1. The van der Waals surface area contributed by atoms with Crippen molar-refractivity contribution in [3.8, 4) is 5.75 Å². The zero-order valence-corrected chi connectivity index (χ0v) is 18.6. The van der Waals surface area contributed by atoms with E-state index in [0.29, 0.717) is 6.54 Å². The number of aromatic nitrogens is 2. The molecule has 148 valence electrons. The van der Waals surface area contributed by atoms with E-state index in [9.17, 15) is 0 Å². The lowest BCUT2D eigenvalue weighted by molar-refractivity contribution is 0.372. The molecule has 2 heterocycles. The molecule has 0 radical (unpaired) electrons. The number of ether oxygens (including phenoxy) is 1. The highest BCUT2D eigenvalue weighted by atomic mass is 127. The van der Waals surface area contributed by atoms with Gasteiger partial charge in [0.15, 0.2) is 5.96 Å². The first-order valence-corrected chi connectivity index (χ1v) is 9.09. The highest BCUT2D eigenvalue weighted by Crippen LogP contribution is 2.20. The first-order valence-electron chi connectivity index (χ1n) is 9.09. The Morgan fingerprint density at radius 1 is 1.19 bits per heavy atom. The molecule has 0 aliphatic carbocycles. The van der Waals surface area contributed by atoms with Crippen LogP contribution in [0.5, 0.6) is 5.75 Å². The fraction of sp³-hybridized carbons (Fsp3) is 0.474. The minimum absolute atomic E-state index is 0. The molecule has 1 N–H and O–H groups in total. The molecule has 1 saturated heterocycles. The van der Waals surface area contributed by atoms with Gasteiger partial charge in [-0.2, -0.15) is 5.10 Å². The number of aliphatic imine (C=N–C) groups is 1. The third kappa shape index (κ3) is 5.75. The molecule has 1 fully saturated rings. The molecule has 7 nitrogen and oxygen atoms in total. The van der Waals surface area contributed by atoms with Crippen molar-refractivity contribution < 1.29 is 4.74 Å². The zero-order chi connectivity index (χ0) is 18.4. The topological polar surface area (TPSA) is 57.9 Å². The van der Waals surface area contributed by atoms with Gasteiger partial charge < -0.3 is 19.9 Å². The number of halogens is 1. The predicted octanol–water partition coefficient (Wildman–Crippen LogP) is 2.33. The average molecular weight is 484 g/mol. The number of hydrogen-bond donors (Lipinski definition) is 1. The highest BCUT2D eigenvalue weighted by Gasteiger charge is 2.19. The molecule has 1 aromatic heterocycles. The fourth-order valence-electron chi connectivity index (χ4n) is 3.12. The molecule has 27 heavy (non-hydrogen) atoms. The number of hydrogen-bond acceptors (Lipinski definition) is 4. The van der Waals surface area contributed by atoms with Gasteiger partial charge in [-0.15, -0.1) is 24.0 Å². The van der Waals surface area contributed by atoms with Gasteiger partial charge in [0.05, 0.1) is 19.9 Å². The van der Waals surface area contributed by atoms with E-state index in [2.05, 4.69) is 39.3 Å². The van der Waals surface area contributed by atoms with Gasteiger partial charge in [0.25, 0.3) is 0 Å². The Kier molecular flexibility index (Phi) is 8.21. The Morgan fingerprint density at radius 3 is 2.44 bits per heavy atom. The second kappa shape index (κ2) is 10.4. The predicted molar refractivity (Wildman–Crippen MR) is 120 cm³/mol. The van der Waals surface area contributed by atoms with E-state index in [1.54, 1.807) is 7.11 Å². The summed E-state index contributed by atoms with van der Waals surface area (Å²) < 4.78 is 7.05. The fourth-order valence-corrected chi connectivity index (χ4v) is 3.12. The number of aryl methyl sites for hydroxylation is 1. The first-order chi connectivity index (χ1) is 12.7. The summed E-state index contributed by atoms with van der Waals surface area (Å²) in [5.74, 6) is 1.87. The molecule has 0 bridgehead atoms. The second-order valence-electron chi connectivity index (χ2n) is 6.36. The van der Waals surface area contributed by atoms with Crippen LogP contribution >= 0.6 is 24.0 Å². The molecule has 0 amide bonds. The van der Waals surface area contributed by atoms with Crippen LogP contribution in [0, 0.1) is 0 Å². The summed E-state index contributed by atoms with van der Waals surface area (Å²) in [6.45, 7) is 7.47. The Morgan fingerprint density at radius 2 is 1.89 bits per heavy atom. The van der Waals surface area contributed by atoms with Crippen LogP contribution in [0.25, 0.3) is 0 Å². The Hall–Kier alpha value is -1.97. The first kappa shape index (κ1) is 21.3. The van der Waals surface area contributed by atoms with E-state index in [1.807, 2.05) is 36.3 Å². The van der Waals surface area contributed by atoms with Crippen molar-refractivity contribution >= 4 is 35.6 Å². The summed E-state index contributed by atoms with van der Waals surface area (Å²) in [5.41, 5.74) is 2.36. The monoisotopic (exact) mass is 484 g/mol. The van der Waals surface area contributed by atoms with Crippen molar-refractivity contribution in [3.05, 3.63) is 42.2 Å². The van der Waals surface area contributed by atoms with Gasteiger partial charge in [0.1, 0.15) is 5.75 Å². The Bertz CT molecular complexity index is 722. The molecule has 0 atom stereocenters. The number of piperazine rings is 1. The molecule has 8 heteroatoms. The highest BCUT2D eigenvalue weighted by molar-refractivity contribution is 14.0. The van der Waals surface area contributed by atoms with Crippen LogP contribution in [-0.4, -0.2) is 60.5 Å². The van der Waals surface area contributed by atoms with E-state index in [0.717, 1.165) is 50.0 Å². The molecule has 0 spiro atoms.